The Morgan fingerprint density at radius 1 is 1.36 bits per heavy atom. The summed E-state index contributed by atoms with van der Waals surface area (Å²) in [5.74, 6) is -0.482. The number of amides is 1. The molecule has 2 N–H and O–H groups in total. The van der Waals surface area contributed by atoms with E-state index in [2.05, 4.69) is 10.6 Å². The molecule has 0 saturated carbocycles. The van der Waals surface area contributed by atoms with E-state index < -0.39 is 20.5 Å². The summed E-state index contributed by atoms with van der Waals surface area (Å²) in [5.41, 5.74) is 0.509. The highest BCUT2D eigenvalue weighted by molar-refractivity contribution is 7.98. The summed E-state index contributed by atoms with van der Waals surface area (Å²) < 4.78 is 23.0. The third-order valence-electron chi connectivity index (χ3n) is 3.94. The van der Waals surface area contributed by atoms with Crippen LogP contribution in [0.2, 0.25) is 5.02 Å². The van der Waals surface area contributed by atoms with E-state index in [1.54, 1.807) is 18.2 Å². The quantitative estimate of drug-likeness (QED) is 0.803. The van der Waals surface area contributed by atoms with Gasteiger partial charge >= 0.3 is 0 Å². The molecule has 1 aromatic rings. The first kappa shape index (κ1) is 17.6. The minimum atomic E-state index is -3.52. The van der Waals surface area contributed by atoms with E-state index in [4.69, 9.17) is 11.6 Å². The molecule has 0 spiro atoms. The molecule has 5 nitrogen and oxygen atoms in total. The van der Waals surface area contributed by atoms with Gasteiger partial charge in [0.1, 0.15) is 0 Å². The fraction of sp³-hybridized carbons (Fsp3) is 0.500. The molecular weight excluding hydrogens is 344 g/mol. The number of hydrogen-bond acceptors (Lipinski definition) is 5. The van der Waals surface area contributed by atoms with Crippen molar-refractivity contribution >= 4 is 44.8 Å². The van der Waals surface area contributed by atoms with Gasteiger partial charge in [0.25, 0.3) is 0 Å². The van der Waals surface area contributed by atoms with Crippen LogP contribution in [0.25, 0.3) is 0 Å². The van der Waals surface area contributed by atoms with Gasteiger partial charge in [0, 0.05) is 16.8 Å². The van der Waals surface area contributed by atoms with Crippen molar-refractivity contribution in [3.8, 4) is 0 Å². The van der Waals surface area contributed by atoms with Gasteiger partial charge in [-0.3, -0.25) is 4.79 Å². The third kappa shape index (κ3) is 3.42. The van der Waals surface area contributed by atoms with E-state index in [0.717, 1.165) is 11.2 Å². The van der Waals surface area contributed by atoms with Crippen molar-refractivity contribution in [1.82, 2.24) is 5.32 Å². The summed E-state index contributed by atoms with van der Waals surface area (Å²) in [6, 6.07) is 5.17. The Labute approximate surface area is 140 Å². The number of halogens is 1. The van der Waals surface area contributed by atoms with Gasteiger partial charge in [-0.1, -0.05) is 11.6 Å². The Hall–Kier alpha value is -0.760. The first-order valence-electron chi connectivity index (χ1n) is 6.85. The SMILES string of the molecule is CSc1ccc(NC(=O)C2(S(C)(=O)=O)CCNCC2)cc1Cl. The Bertz CT molecular complexity index is 671. The predicted molar refractivity (Wildman–Crippen MR) is 91.5 cm³/mol. The van der Waals surface area contributed by atoms with Crippen LogP contribution in [0.15, 0.2) is 23.1 Å². The molecule has 1 aliphatic heterocycles. The van der Waals surface area contributed by atoms with Crippen molar-refractivity contribution < 1.29 is 13.2 Å². The molecule has 1 saturated heterocycles. The Kier molecular flexibility index (Phi) is 5.42. The summed E-state index contributed by atoms with van der Waals surface area (Å²) in [7, 11) is -3.52. The van der Waals surface area contributed by atoms with Crippen LogP contribution >= 0.6 is 23.4 Å². The number of sulfone groups is 1. The van der Waals surface area contributed by atoms with Crippen molar-refractivity contribution in [1.29, 1.82) is 0 Å². The molecular formula is C14H19ClN2O3S2. The van der Waals surface area contributed by atoms with E-state index in [-0.39, 0.29) is 12.8 Å². The molecule has 8 heteroatoms. The summed E-state index contributed by atoms with van der Waals surface area (Å²) in [4.78, 5) is 13.5. The van der Waals surface area contributed by atoms with Gasteiger partial charge in [0.15, 0.2) is 14.6 Å². The van der Waals surface area contributed by atoms with Gasteiger partial charge in [-0.2, -0.15) is 0 Å². The van der Waals surface area contributed by atoms with Crippen molar-refractivity contribution in [3.05, 3.63) is 23.2 Å². The van der Waals surface area contributed by atoms with Crippen molar-refractivity contribution in [2.24, 2.45) is 0 Å². The highest BCUT2D eigenvalue weighted by Crippen LogP contribution is 2.31. The number of benzene rings is 1. The second-order valence-electron chi connectivity index (χ2n) is 5.32. The number of rotatable bonds is 4. The Morgan fingerprint density at radius 3 is 2.50 bits per heavy atom. The molecule has 22 heavy (non-hydrogen) atoms. The zero-order valence-electron chi connectivity index (χ0n) is 12.5. The second-order valence-corrected chi connectivity index (χ2v) is 8.90. The maximum atomic E-state index is 12.6. The molecule has 0 atom stereocenters. The number of carbonyl (C=O) groups is 1. The van der Waals surface area contributed by atoms with E-state index in [1.165, 1.54) is 11.8 Å². The number of anilines is 1. The highest BCUT2D eigenvalue weighted by Gasteiger charge is 2.48. The third-order valence-corrected chi connectivity index (χ3v) is 7.18. The lowest BCUT2D eigenvalue weighted by atomic mass is 9.95. The molecule has 0 bridgehead atoms. The fourth-order valence-corrected chi connectivity index (χ4v) is 4.79. The molecule has 2 rings (SSSR count). The van der Waals surface area contributed by atoms with E-state index in [9.17, 15) is 13.2 Å². The Morgan fingerprint density at radius 2 is 2.00 bits per heavy atom. The van der Waals surface area contributed by atoms with E-state index >= 15 is 0 Å². The molecule has 122 valence electrons. The molecule has 1 fully saturated rings. The van der Waals surface area contributed by atoms with Gasteiger partial charge in [0.2, 0.25) is 5.91 Å². The van der Waals surface area contributed by atoms with Crippen LogP contribution in [0.1, 0.15) is 12.8 Å². The standard InChI is InChI=1S/C14H19ClN2O3S2/c1-21-12-4-3-10(9-11(12)15)17-13(18)14(22(2,19)20)5-7-16-8-6-14/h3-4,9,16H,5-8H2,1-2H3,(H,17,18). The first-order valence-corrected chi connectivity index (χ1v) is 10.3. The first-order chi connectivity index (χ1) is 10.3. The van der Waals surface area contributed by atoms with Gasteiger partial charge in [0.05, 0.1) is 5.02 Å². The topological polar surface area (TPSA) is 75.3 Å². The van der Waals surface area contributed by atoms with Crippen LogP contribution in [0.4, 0.5) is 5.69 Å². The van der Waals surface area contributed by atoms with Crippen LogP contribution in [-0.2, 0) is 14.6 Å². The van der Waals surface area contributed by atoms with E-state index in [1.807, 2.05) is 6.26 Å². The molecule has 0 unspecified atom stereocenters. The maximum Gasteiger partial charge on any atom is 0.245 e. The summed E-state index contributed by atoms with van der Waals surface area (Å²) in [5, 5.41) is 6.33. The molecule has 0 radical (unpaired) electrons. The molecule has 1 aromatic carbocycles. The number of piperidine rings is 1. The second kappa shape index (κ2) is 6.78. The average molecular weight is 363 g/mol. The summed E-state index contributed by atoms with van der Waals surface area (Å²) >= 11 is 7.63. The van der Waals surface area contributed by atoms with Crippen LogP contribution in [-0.4, -0.2) is 44.7 Å². The molecule has 0 aliphatic carbocycles. The predicted octanol–water partition coefficient (Wildman–Crippen LogP) is 2.17. The monoisotopic (exact) mass is 362 g/mol. The van der Waals surface area contributed by atoms with Crippen LogP contribution in [0.5, 0.6) is 0 Å². The minimum absolute atomic E-state index is 0.272. The van der Waals surface area contributed by atoms with Crippen LogP contribution in [0.3, 0.4) is 0 Å². The highest BCUT2D eigenvalue weighted by atomic mass is 35.5. The molecule has 1 heterocycles. The number of hydrogen-bond donors (Lipinski definition) is 2. The van der Waals surface area contributed by atoms with Crippen LogP contribution in [0, 0.1) is 0 Å². The van der Waals surface area contributed by atoms with Gasteiger partial charge in [-0.05, 0) is 50.4 Å². The molecule has 1 aliphatic rings. The largest absolute Gasteiger partial charge is 0.325 e. The van der Waals surface area contributed by atoms with Crippen molar-refractivity contribution in [2.45, 2.75) is 22.5 Å². The smallest absolute Gasteiger partial charge is 0.245 e. The zero-order chi connectivity index (χ0) is 16.4. The van der Waals surface area contributed by atoms with Gasteiger partial charge in [-0.25, -0.2) is 8.42 Å². The fourth-order valence-electron chi connectivity index (χ4n) is 2.59. The lowest BCUT2D eigenvalue weighted by Crippen LogP contribution is -2.55. The number of carbonyl (C=O) groups excluding carboxylic acids is 1. The summed E-state index contributed by atoms with van der Waals surface area (Å²) in [6.45, 7) is 1.01. The lowest BCUT2D eigenvalue weighted by Gasteiger charge is -2.34. The number of thioether (sulfide) groups is 1. The van der Waals surface area contributed by atoms with Crippen LogP contribution < -0.4 is 10.6 Å². The Balaban J connectivity index is 2.27. The van der Waals surface area contributed by atoms with Gasteiger partial charge < -0.3 is 10.6 Å². The summed E-state index contributed by atoms with van der Waals surface area (Å²) in [6.07, 6.45) is 3.58. The van der Waals surface area contributed by atoms with E-state index in [0.29, 0.717) is 23.8 Å². The molecule has 0 aromatic heterocycles. The minimum Gasteiger partial charge on any atom is -0.325 e. The number of nitrogens with one attached hydrogen (secondary N) is 2. The average Bonchev–Trinajstić information content (AvgIpc) is 2.47. The van der Waals surface area contributed by atoms with Crippen molar-refractivity contribution in [2.75, 3.05) is 30.9 Å². The lowest BCUT2D eigenvalue weighted by molar-refractivity contribution is -0.119. The zero-order valence-corrected chi connectivity index (χ0v) is 14.9. The maximum absolute atomic E-state index is 12.6. The van der Waals surface area contributed by atoms with Crippen molar-refractivity contribution in [3.63, 3.8) is 0 Å². The normalized spacial score (nSPS) is 18.0. The molecule has 1 amide bonds. The van der Waals surface area contributed by atoms with Gasteiger partial charge in [-0.15, -0.1) is 11.8 Å².